The van der Waals surface area contributed by atoms with Crippen LogP contribution in [0.5, 0.6) is 0 Å². The number of likely N-dealkylation sites (tertiary alicyclic amines) is 1. The zero-order valence-electron chi connectivity index (χ0n) is 10.4. The molecule has 0 saturated carbocycles. The molecule has 0 bridgehead atoms. The average molecular weight is 248 g/mol. The number of carbonyl (C=O) groups excluding carboxylic acids is 1. The summed E-state index contributed by atoms with van der Waals surface area (Å²) in [4.78, 5) is 28.9. The van der Waals surface area contributed by atoms with Gasteiger partial charge >= 0.3 is 5.97 Å². The van der Waals surface area contributed by atoms with E-state index in [1.165, 1.54) is 0 Å². The van der Waals surface area contributed by atoms with E-state index >= 15 is 0 Å². The first-order chi connectivity index (χ1) is 8.52. The summed E-state index contributed by atoms with van der Waals surface area (Å²) in [5.41, 5.74) is 0.782. The molecule has 2 rings (SSSR count). The van der Waals surface area contributed by atoms with Gasteiger partial charge in [0.05, 0.1) is 12.0 Å². The Labute approximate surface area is 105 Å². The second-order valence-electron chi connectivity index (χ2n) is 4.77. The molecule has 0 spiro atoms. The summed E-state index contributed by atoms with van der Waals surface area (Å²) < 4.78 is 0. The van der Waals surface area contributed by atoms with E-state index in [2.05, 4.69) is 4.98 Å². The molecule has 1 saturated heterocycles. The molecule has 5 nitrogen and oxygen atoms in total. The third kappa shape index (κ3) is 2.08. The molecular formula is C13H16N2O3. The minimum absolute atomic E-state index is 0.0212. The maximum atomic E-state index is 12.0. The predicted molar refractivity (Wildman–Crippen MR) is 64.7 cm³/mol. The summed E-state index contributed by atoms with van der Waals surface area (Å²) in [7, 11) is 0. The Hall–Kier alpha value is -1.91. The van der Waals surface area contributed by atoms with Crippen LogP contribution >= 0.6 is 0 Å². The molecule has 1 fully saturated rings. The van der Waals surface area contributed by atoms with Crippen LogP contribution in [0.2, 0.25) is 0 Å². The molecule has 1 aromatic heterocycles. The van der Waals surface area contributed by atoms with Crippen molar-refractivity contribution in [2.75, 3.05) is 0 Å². The minimum atomic E-state index is -0.930. The van der Waals surface area contributed by atoms with E-state index in [1.807, 2.05) is 19.9 Å². The smallest absolute Gasteiger partial charge is 0.309 e. The topological polar surface area (TPSA) is 70.5 Å². The van der Waals surface area contributed by atoms with Crippen molar-refractivity contribution in [3.63, 3.8) is 0 Å². The third-order valence-corrected chi connectivity index (χ3v) is 3.26. The second-order valence-corrected chi connectivity index (χ2v) is 4.77. The third-order valence-electron chi connectivity index (χ3n) is 3.26. The number of carboxylic acids is 1. The van der Waals surface area contributed by atoms with Crippen molar-refractivity contribution in [3.05, 3.63) is 30.1 Å². The monoisotopic (exact) mass is 248 g/mol. The molecule has 1 aliphatic rings. The summed E-state index contributed by atoms with van der Waals surface area (Å²) in [6.45, 7) is 3.79. The van der Waals surface area contributed by atoms with E-state index in [9.17, 15) is 14.7 Å². The second kappa shape index (κ2) is 4.76. The van der Waals surface area contributed by atoms with Gasteiger partial charge in [-0.3, -0.25) is 14.6 Å². The fourth-order valence-corrected chi connectivity index (χ4v) is 2.53. The lowest BCUT2D eigenvalue weighted by atomic mass is 9.94. The van der Waals surface area contributed by atoms with Crippen LogP contribution in [0.4, 0.5) is 0 Å². The van der Waals surface area contributed by atoms with Gasteiger partial charge in [0.25, 0.3) is 0 Å². The average Bonchev–Trinajstić information content (AvgIpc) is 2.68. The van der Waals surface area contributed by atoms with Gasteiger partial charge in [-0.25, -0.2) is 0 Å². The zero-order chi connectivity index (χ0) is 13.3. The molecule has 1 aliphatic heterocycles. The van der Waals surface area contributed by atoms with Gasteiger partial charge in [-0.2, -0.15) is 0 Å². The van der Waals surface area contributed by atoms with Gasteiger partial charge in [-0.1, -0.05) is 6.07 Å². The lowest BCUT2D eigenvalue weighted by Crippen LogP contribution is -2.36. The van der Waals surface area contributed by atoms with Gasteiger partial charge in [-0.05, 0) is 25.5 Å². The van der Waals surface area contributed by atoms with E-state index in [4.69, 9.17) is 0 Å². The van der Waals surface area contributed by atoms with Crippen molar-refractivity contribution < 1.29 is 14.7 Å². The van der Waals surface area contributed by atoms with E-state index in [0.717, 1.165) is 5.56 Å². The van der Waals surface area contributed by atoms with Crippen molar-refractivity contribution in [1.82, 2.24) is 9.88 Å². The zero-order valence-corrected chi connectivity index (χ0v) is 10.4. The number of amides is 1. The number of hydrogen-bond acceptors (Lipinski definition) is 3. The van der Waals surface area contributed by atoms with Crippen LogP contribution < -0.4 is 0 Å². The molecule has 2 unspecified atom stereocenters. The molecule has 96 valence electrons. The Balaban J connectivity index is 2.43. The van der Waals surface area contributed by atoms with Crippen molar-refractivity contribution in [2.45, 2.75) is 32.4 Å². The summed E-state index contributed by atoms with van der Waals surface area (Å²) in [6.07, 6.45) is 3.33. The number of carboxylic acid groups (broad SMARTS) is 1. The van der Waals surface area contributed by atoms with Crippen molar-refractivity contribution in [1.29, 1.82) is 0 Å². The van der Waals surface area contributed by atoms with Crippen LogP contribution in [-0.2, 0) is 9.59 Å². The number of aromatic nitrogens is 1. The first-order valence-corrected chi connectivity index (χ1v) is 5.96. The highest BCUT2D eigenvalue weighted by Gasteiger charge is 2.45. The van der Waals surface area contributed by atoms with Crippen LogP contribution in [0, 0.1) is 5.92 Å². The lowest BCUT2D eigenvalue weighted by molar-refractivity contribution is -0.142. The number of pyridine rings is 1. The summed E-state index contributed by atoms with van der Waals surface area (Å²) in [5, 5.41) is 9.26. The molecule has 0 aromatic carbocycles. The van der Waals surface area contributed by atoms with Crippen molar-refractivity contribution in [3.8, 4) is 0 Å². The van der Waals surface area contributed by atoms with Gasteiger partial charge in [0.15, 0.2) is 0 Å². The van der Waals surface area contributed by atoms with E-state index < -0.39 is 17.9 Å². The molecule has 2 atom stereocenters. The fourth-order valence-electron chi connectivity index (χ4n) is 2.53. The fraction of sp³-hybridized carbons (Fsp3) is 0.462. The highest BCUT2D eigenvalue weighted by molar-refractivity contribution is 5.87. The Morgan fingerprint density at radius 3 is 2.78 bits per heavy atom. The number of hydrogen-bond donors (Lipinski definition) is 1. The normalized spacial score (nSPS) is 23.7. The maximum Gasteiger partial charge on any atom is 0.309 e. The molecule has 5 heteroatoms. The molecule has 1 amide bonds. The molecule has 1 aromatic rings. The van der Waals surface area contributed by atoms with Crippen LogP contribution in [0.15, 0.2) is 24.5 Å². The Morgan fingerprint density at radius 1 is 1.56 bits per heavy atom. The highest BCUT2D eigenvalue weighted by Crippen LogP contribution is 2.39. The standard InChI is InChI=1S/C13H16N2O3/c1-8(2)15-11(16)6-10(13(17)18)12(15)9-4-3-5-14-7-9/h3-5,7-8,10,12H,6H2,1-2H3,(H,17,18). The SMILES string of the molecule is CC(C)N1C(=O)CC(C(=O)O)C1c1cccnc1. The van der Waals surface area contributed by atoms with E-state index in [1.54, 1.807) is 23.4 Å². The Kier molecular flexibility index (Phi) is 3.32. The van der Waals surface area contributed by atoms with Crippen LogP contribution in [0.3, 0.4) is 0 Å². The van der Waals surface area contributed by atoms with Gasteiger partial charge < -0.3 is 10.0 Å². The number of rotatable bonds is 3. The molecule has 18 heavy (non-hydrogen) atoms. The predicted octanol–water partition coefficient (Wildman–Crippen LogP) is 1.46. The maximum absolute atomic E-state index is 12.0. The van der Waals surface area contributed by atoms with Crippen LogP contribution in [0.1, 0.15) is 31.9 Å². The number of nitrogens with zero attached hydrogens (tertiary/aromatic N) is 2. The van der Waals surface area contributed by atoms with Gasteiger partial charge in [0, 0.05) is 24.9 Å². The number of aliphatic carboxylic acids is 1. The van der Waals surface area contributed by atoms with Crippen molar-refractivity contribution >= 4 is 11.9 Å². The largest absolute Gasteiger partial charge is 0.481 e. The molecular weight excluding hydrogens is 232 g/mol. The molecule has 1 N–H and O–H groups in total. The van der Waals surface area contributed by atoms with Crippen molar-refractivity contribution in [2.24, 2.45) is 5.92 Å². The Morgan fingerprint density at radius 2 is 2.28 bits per heavy atom. The quantitative estimate of drug-likeness (QED) is 0.879. The first-order valence-electron chi connectivity index (χ1n) is 5.96. The summed E-state index contributed by atoms with van der Waals surface area (Å²) >= 11 is 0. The first kappa shape index (κ1) is 12.5. The van der Waals surface area contributed by atoms with E-state index in [-0.39, 0.29) is 18.4 Å². The molecule has 0 radical (unpaired) electrons. The summed E-state index contributed by atoms with van der Waals surface area (Å²) in [6, 6.07) is 3.15. The lowest BCUT2D eigenvalue weighted by Gasteiger charge is -2.30. The summed E-state index contributed by atoms with van der Waals surface area (Å²) in [5.74, 6) is -1.73. The number of carbonyl (C=O) groups is 2. The molecule has 0 aliphatic carbocycles. The van der Waals surface area contributed by atoms with Gasteiger partial charge in [0.1, 0.15) is 0 Å². The van der Waals surface area contributed by atoms with Crippen LogP contribution in [-0.4, -0.2) is 32.9 Å². The molecule has 2 heterocycles. The highest BCUT2D eigenvalue weighted by atomic mass is 16.4. The minimum Gasteiger partial charge on any atom is -0.481 e. The van der Waals surface area contributed by atoms with Gasteiger partial charge in [-0.15, -0.1) is 0 Å². The van der Waals surface area contributed by atoms with E-state index in [0.29, 0.717) is 0 Å². The Bertz CT molecular complexity index is 459. The van der Waals surface area contributed by atoms with Gasteiger partial charge in [0.2, 0.25) is 5.91 Å². The van der Waals surface area contributed by atoms with Crippen LogP contribution in [0.25, 0.3) is 0 Å².